The molecule has 0 bridgehead atoms. The average Bonchev–Trinajstić information content (AvgIpc) is 3.45. The van der Waals surface area contributed by atoms with Crippen LogP contribution in [0.4, 0.5) is 13.2 Å². The molecule has 0 spiro atoms. The highest BCUT2D eigenvalue weighted by atomic mass is 19.4. The van der Waals surface area contributed by atoms with Crippen LogP contribution in [-0.2, 0) is 25.6 Å². The summed E-state index contributed by atoms with van der Waals surface area (Å²) in [6.07, 6.45) is -0.350. The Morgan fingerprint density at radius 3 is 2.39 bits per heavy atom. The number of nitrogens with zero attached hydrogens (tertiary/aromatic N) is 2. The number of benzene rings is 1. The molecule has 1 aromatic rings. The quantitative estimate of drug-likeness (QED) is 0.686. The van der Waals surface area contributed by atoms with E-state index in [1.807, 2.05) is 4.90 Å². The van der Waals surface area contributed by atoms with E-state index >= 15 is 0 Å². The van der Waals surface area contributed by atoms with E-state index in [9.17, 15) is 18.0 Å². The normalized spacial score (nSPS) is 25.3. The van der Waals surface area contributed by atoms with Gasteiger partial charge in [0.05, 0.1) is 19.3 Å². The van der Waals surface area contributed by atoms with Crippen molar-refractivity contribution < 1.29 is 37.3 Å². The van der Waals surface area contributed by atoms with E-state index in [1.165, 1.54) is 5.56 Å². The second-order valence-electron chi connectivity index (χ2n) is 8.68. The van der Waals surface area contributed by atoms with Crippen LogP contribution in [-0.4, -0.2) is 84.6 Å². The second kappa shape index (κ2) is 11.8. The van der Waals surface area contributed by atoms with Crippen LogP contribution in [0.25, 0.3) is 0 Å². The van der Waals surface area contributed by atoms with Gasteiger partial charge in [-0.2, -0.15) is 13.2 Å². The molecule has 7 nitrogen and oxygen atoms in total. The van der Waals surface area contributed by atoms with Crippen molar-refractivity contribution in [1.29, 1.82) is 0 Å². The van der Waals surface area contributed by atoms with Crippen LogP contribution in [0.1, 0.15) is 31.2 Å². The van der Waals surface area contributed by atoms with Gasteiger partial charge in [-0.15, -0.1) is 0 Å². The fourth-order valence-corrected chi connectivity index (χ4v) is 4.65. The molecule has 33 heavy (non-hydrogen) atoms. The van der Waals surface area contributed by atoms with Gasteiger partial charge < -0.3 is 19.5 Å². The van der Waals surface area contributed by atoms with Gasteiger partial charge in [0.15, 0.2) is 0 Å². The highest BCUT2D eigenvalue weighted by Gasteiger charge is 2.41. The van der Waals surface area contributed by atoms with E-state index in [0.717, 1.165) is 58.5 Å². The van der Waals surface area contributed by atoms with Gasteiger partial charge in [0, 0.05) is 32.2 Å². The van der Waals surface area contributed by atoms with Crippen LogP contribution in [0, 0.1) is 5.92 Å². The molecule has 1 unspecified atom stereocenters. The summed E-state index contributed by atoms with van der Waals surface area (Å²) in [4.78, 5) is 25.5. The molecule has 1 amide bonds. The third-order valence-corrected chi connectivity index (χ3v) is 6.26. The van der Waals surface area contributed by atoms with Crippen LogP contribution in [0.5, 0.6) is 0 Å². The number of hydrogen-bond donors (Lipinski definition) is 1. The van der Waals surface area contributed by atoms with Gasteiger partial charge in [-0.1, -0.05) is 30.3 Å². The number of alkyl halides is 3. The fraction of sp³-hybridized carbons (Fsp3) is 0.652. The number of amides is 1. The number of aliphatic carboxylic acids is 1. The number of ether oxygens (including phenoxy) is 2. The molecule has 1 aliphatic carbocycles. The number of morpholine rings is 1. The van der Waals surface area contributed by atoms with Crippen LogP contribution >= 0.6 is 0 Å². The highest BCUT2D eigenvalue weighted by molar-refractivity contribution is 5.77. The summed E-state index contributed by atoms with van der Waals surface area (Å²) in [6, 6.07) is 11.2. The number of carboxylic acid groups (broad SMARTS) is 1. The minimum absolute atomic E-state index is 0.153. The SMILES string of the molecule is O=C(COCC1C[C@@H]2OCCN(Cc3ccccc3)[C@H]2C1)N1CCCC1.O=C(O)C(F)(F)F. The van der Waals surface area contributed by atoms with Crippen molar-refractivity contribution in [2.45, 2.75) is 50.6 Å². The molecular weight excluding hydrogens is 441 g/mol. The monoisotopic (exact) mass is 472 g/mol. The predicted octanol–water partition coefficient (Wildman–Crippen LogP) is 2.94. The van der Waals surface area contributed by atoms with Gasteiger partial charge in [0.2, 0.25) is 5.91 Å². The topological polar surface area (TPSA) is 79.3 Å². The molecule has 184 valence electrons. The first kappa shape index (κ1) is 25.5. The standard InChI is InChI=1S/C21H30N2O3.C2HF3O2/c24-21(22-8-4-5-9-22)16-25-15-18-12-19-20(13-18)26-11-10-23(19)14-17-6-2-1-3-7-17;3-2(4,5)1(6)7/h1-3,6-7,18-20H,4-5,8-16H2;(H,6,7)/t18?,19-,20-;/m0./s1. The number of carbonyl (C=O) groups is 2. The molecule has 2 saturated heterocycles. The molecule has 0 aromatic heterocycles. The first-order valence-electron chi connectivity index (χ1n) is 11.3. The summed E-state index contributed by atoms with van der Waals surface area (Å²) in [5.74, 6) is -2.11. The van der Waals surface area contributed by atoms with E-state index in [1.54, 1.807) is 0 Å². The first-order valence-corrected chi connectivity index (χ1v) is 11.3. The Labute approximate surface area is 191 Å². The Morgan fingerprint density at radius 1 is 1.09 bits per heavy atom. The number of carbonyl (C=O) groups excluding carboxylic acids is 1. The number of fused-ring (bicyclic) bond motifs is 1. The number of rotatable bonds is 6. The van der Waals surface area contributed by atoms with Crippen molar-refractivity contribution in [3.63, 3.8) is 0 Å². The van der Waals surface area contributed by atoms with Gasteiger partial charge >= 0.3 is 12.1 Å². The number of likely N-dealkylation sites (tertiary alicyclic amines) is 1. The number of carboxylic acids is 1. The summed E-state index contributed by atoms with van der Waals surface area (Å²) in [5, 5.41) is 7.12. The van der Waals surface area contributed by atoms with E-state index in [0.29, 0.717) is 24.7 Å². The lowest BCUT2D eigenvalue weighted by atomic mass is 10.1. The van der Waals surface area contributed by atoms with E-state index in [4.69, 9.17) is 19.4 Å². The number of halogens is 3. The lowest BCUT2D eigenvalue weighted by molar-refractivity contribution is -0.192. The van der Waals surface area contributed by atoms with Crippen molar-refractivity contribution in [3.8, 4) is 0 Å². The third kappa shape index (κ3) is 7.68. The molecular formula is C23H31F3N2O5. The minimum atomic E-state index is -5.08. The molecule has 3 aliphatic rings. The molecule has 2 heterocycles. The molecule has 10 heteroatoms. The smallest absolute Gasteiger partial charge is 0.475 e. The Hall–Kier alpha value is -2.17. The summed E-state index contributed by atoms with van der Waals surface area (Å²) < 4.78 is 43.6. The van der Waals surface area contributed by atoms with Gasteiger partial charge in [-0.3, -0.25) is 9.69 Å². The second-order valence-corrected chi connectivity index (χ2v) is 8.68. The summed E-state index contributed by atoms with van der Waals surface area (Å²) >= 11 is 0. The van der Waals surface area contributed by atoms with Crippen molar-refractivity contribution in [2.75, 3.05) is 39.5 Å². The zero-order valence-electron chi connectivity index (χ0n) is 18.5. The molecule has 3 atom stereocenters. The molecule has 1 saturated carbocycles. The molecule has 1 N–H and O–H groups in total. The maximum absolute atomic E-state index is 12.1. The molecule has 1 aromatic carbocycles. The highest BCUT2D eigenvalue weighted by Crippen LogP contribution is 2.35. The van der Waals surface area contributed by atoms with Crippen LogP contribution in [0.2, 0.25) is 0 Å². The third-order valence-electron chi connectivity index (χ3n) is 6.26. The van der Waals surface area contributed by atoms with Crippen LogP contribution < -0.4 is 0 Å². The van der Waals surface area contributed by atoms with Gasteiger partial charge in [-0.05, 0) is 37.2 Å². The maximum Gasteiger partial charge on any atom is 0.490 e. The lowest BCUT2D eigenvalue weighted by Crippen LogP contribution is -2.47. The Kier molecular flexibility index (Phi) is 9.10. The Balaban J connectivity index is 0.000000383. The molecule has 4 rings (SSSR count). The zero-order valence-corrected chi connectivity index (χ0v) is 18.5. The van der Waals surface area contributed by atoms with Crippen molar-refractivity contribution in [3.05, 3.63) is 35.9 Å². The van der Waals surface area contributed by atoms with E-state index < -0.39 is 12.1 Å². The maximum atomic E-state index is 12.1. The van der Waals surface area contributed by atoms with Gasteiger partial charge in [-0.25, -0.2) is 4.79 Å². The molecule has 3 fully saturated rings. The summed E-state index contributed by atoms with van der Waals surface area (Å²) in [6.45, 7) is 5.52. The fourth-order valence-electron chi connectivity index (χ4n) is 4.65. The van der Waals surface area contributed by atoms with E-state index in [-0.39, 0.29) is 12.5 Å². The van der Waals surface area contributed by atoms with Crippen molar-refractivity contribution in [2.24, 2.45) is 5.92 Å². The Morgan fingerprint density at radius 2 is 1.76 bits per heavy atom. The summed E-state index contributed by atoms with van der Waals surface area (Å²) in [7, 11) is 0. The zero-order chi connectivity index (χ0) is 23.8. The van der Waals surface area contributed by atoms with Crippen LogP contribution in [0.15, 0.2) is 30.3 Å². The molecule has 0 radical (unpaired) electrons. The van der Waals surface area contributed by atoms with Crippen LogP contribution in [0.3, 0.4) is 0 Å². The van der Waals surface area contributed by atoms with Crippen molar-refractivity contribution >= 4 is 11.9 Å². The lowest BCUT2D eigenvalue weighted by Gasteiger charge is -2.37. The first-order chi connectivity index (χ1) is 15.7. The van der Waals surface area contributed by atoms with Gasteiger partial charge in [0.1, 0.15) is 6.61 Å². The van der Waals surface area contributed by atoms with Crippen molar-refractivity contribution in [1.82, 2.24) is 9.80 Å². The van der Waals surface area contributed by atoms with E-state index in [2.05, 4.69) is 35.2 Å². The average molecular weight is 473 g/mol. The van der Waals surface area contributed by atoms with Gasteiger partial charge in [0.25, 0.3) is 0 Å². The minimum Gasteiger partial charge on any atom is -0.475 e. The Bertz CT molecular complexity index is 771. The largest absolute Gasteiger partial charge is 0.490 e. The number of hydrogen-bond acceptors (Lipinski definition) is 5. The molecule has 2 aliphatic heterocycles. The summed E-state index contributed by atoms with van der Waals surface area (Å²) in [5.41, 5.74) is 1.36. The predicted molar refractivity (Wildman–Crippen MR) is 113 cm³/mol.